The minimum absolute atomic E-state index is 0.232. The molecule has 1 aliphatic rings. The molecule has 0 atom stereocenters. The van der Waals surface area contributed by atoms with E-state index < -0.39 is 5.60 Å². The van der Waals surface area contributed by atoms with E-state index >= 15 is 0 Å². The number of ether oxygens (including phenoxy) is 1. The number of rotatable bonds is 4. The van der Waals surface area contributed by atoms with Gasteiger partial charge in [0.05, 0.1) is 0 Å². The summed E-state index contributed by atoms with van der Waals surface area (Å²) < 4.78 is 10.7. The molecule has 2 aromatic rings. The lowest BCUT2D eigenvalue weighted by Crippen LogP contribution is -2.42. The monoisotopic (exact) mass is 370 g/mol. The SMILES string of the molecule is CC(C)(C)OC(=O)N1CCC(Cc2noc(C=Cc3ccncc3)n2)CC1. The third-order valence-electron chi connectivity index (χ3n) is 4.35. The van der Waals surface area contributed by atoms with Crippen molar-refractivity contribution in [1.29, 1.82) is 0 Å². The Morgan fingerprint density at radius 3 is 2.63 bits per heavy atom. The minimum Gasteiger partial charge on any atom is -0.444 e. The van der Waals surface area contributed by atoms with Crippen molar-refractivity contribution in [1.82, 2.24) is 20.0 Å². The maximum atomic E-state index is 12.1. The number of aromatic nitrogens is 3. The molecule has 3 heterocycles. The van der Waals surface area contributed by atoms with Crippen LogP contribution in [0.2, 0.25) is 0 Å². The largest absolute Gasteiger partial charge is 0.444 e. The lowest BCUT2D eigenvalue weighted by Gasteiger charge is -2.33. The van der Waals surface area contributed by atoms with Gasteiger partial charge in [-0.05, 0) is 63.3 Å². The van der Waals surface area contributed by atoms with E-state index in [4.69, 9.17) is 9.26 Å². The van der Waals surface area contributed by atoms with Crippen LogP contribution in [0.3, 0.4) is 0 Å². The molecular weight excluding hydrogens is 344 g/mol. The molecule has 0 aliphatic carbocycles. The van der Waals surface area contributed by atoms with Gasteiger partial charge in [0.25, 0.3) is 5.89 Å². The number of hydrogen-bond acceptors (Lipinski definition) is 6. The molecule has 2 aromatic heterocycles. The Labute approximate surface area is 159 Å². The Kier molecular flexibility index (Phi) is 5.88. The molecule has 7 nitrogen and oxygen atoms in total. The van der Waals surface area contributed by atoms with Gasteiger partial charge in [-0.25, -0.2) is 4.79 Å². The maximum absolute atomic E-state index is 12.1. The van der Waals surface area contributed by atoms with Crippen molar-refractivity contribution in [2.24, 2.45) is 5.92 Å². The first kappa shape index (κ1) is 19.1. The van der Waals surface area contributed by atoms with Gasteiger partial charge in [0, 0.05) is 38.0 Å². The topological polar surface area (TPSA) is 81.4 Å². The molecule has 0 bridgehead atoms. The van der Waals surface area contributed by atoms with Gasteiger partial charge in [0.15, 0.2) is 5.82 Å². The number of carbonyl (C=O) groups excluding carboxylic acids is 1. The quantitative estimate of drug-likeness (QED) is 0.814. The van der Waals surface area contributed by atoms with Crippen LogP contribution in [0.15, 0.2) is 29.0 Å². The van der Waals surface area contributed by atoms with Crippen molar-refractivity contribution in [3.63, 3.8) is 0 Å². The third-order valence-corrected chi connectivity index (χ3v) is 4.35. The molecule has 1 amide bonds. The zero-order valence-corrected chi connectivity index (χ0v) is 16.1. The fourth-order valence-corrected chi connectivity index (χ4v) is 2.96. The molecule has 27 heavy (non-hydrogen) atoms. The minimum atomic E-state index is -0.460. The average molecular weight is 370 g/mol. The van der Waals surface area contributed by atoms with E-state index in [0.717, 1.165) is 24.8 Å². The standard InChI is InChI=1S/C20H26N4O3/c1-20(2,3)26-19(25)24-12-8-16(9-13-24)14-17-22-18(27-23-17)5-4-15-6-10-21-11-7-15/h4-7,10-11,16H,8-9,12-14H2,1-3H3. The zero-order valence-electron chi connectivity index (χ0n) is 16.1. The van der Waals surface area contributed by atoms with Crippen molar-refractivity contribution in [2.45, 2.75) is 45.6 Å². The molecule has 3 rings (SSSR count). The molecule has 0 radical (unpaired) electrons. The van der Waals surface area contributed by atoms with Gasteiger partial charge in [0.2, 0.25) is 0 Å². The number of pyridine rings is 1. The summed E-state index contributed by atoms with van der Waals surface area (Å²) in [5.41, 5.74) is 0.568. The number of piperidine rings is 1. The van der Waals surface area contributed by atoms with Crippen LogP contribution in [0.5, 0.6) is 0 Å². The Morgan fingerprint density at radius 1 is 1.26 bits per heavy atom. The molecule has 7 heteroatoms. The van der Waals surface area contributed by atoms with E-state index in [-0.39, 0.29) is 6.09 Å². The van der Waals surface area contributed by atoms with Crippen molar-refractivity contribution in [3.05, 3.63) is 41.8 Å². The highest BCUT2D eigenvalue weighted by atomic mass is 16.6. The van der Waals surface area contributed by atoms with Gasteiger partial charge in [0.1, 0.15) is 5.60 Å². The number of nitrogens with zero attached hydrogens (tertiary/aromatic N) is 4. The molecule has 0 spiro atoms. The van der Waals surface area contributed by atoms with Gasteiger partial charge in [-0.15, -0.1) is 0 Å². The second-order valence-corrected chi connectivity index (χ2v) is 7.78. The highest BCUT2D eigenvalue weighted by molar-refractivity contribution is 5.68. The summed E-state index contributed by atoms with van der Waals surface area (Å²) in [4.78, 5) is 22.3. The lowest BCUT2D eigenvalue weighted by molar-refractivity contribution is 0.0183. The van der Waals surface area contributed by atoms with Crippen LogP contribution in [-0.2, 0) is 11.2 Å². The third kappa shape index (κ3) is 5.91. The predicted octanol–water partition coefficient (Wildman–Crippen LogP) is 3.82. The number of amides is 1. The van der Waals surface area contributed by atoms with Crippen LogP contribution in [0.25, 0.3) is 12.2 Å². The van der Waals surface area contributed by atoms with E-state index in [1.54, 1.807) is 23.4 Å². The first-order valence-corrected chi connectivity index (χ1v) is 9.28. The molecule has 0 N–H and O–H groups in total. The molecule has 1 fully saturated rings. The summed E-state index contributed by atoms with van der Waals surface area (Å²) in [7, 11) is 0. The Balaban J connectivity index is 1.48. The van der Waals surface area contributed by atoms with Gasteiger partial charge in [-0.3, -0.25) is 4.98 Å². The van der Waals surface area contributed by atoms with Crippen LogP contribution in [0, 0.1) is 5.92 Å². The fraction of sp³-hybridized carbons (Fsp3) is 0.500. The van der Waals surface area contributed by atoms with Crippen LogP contribution < -0.4 is 0 Å². The summed E-state index contributed by atoms with van der Waals surface area (Å²) in [6.07, 6.45) is 9.55. The normalized spacial score (nSPS) is 16.0. The average Bonchev–Trinajstić information content (AvgIpc) is 3.07. The van der Waals surface area contributed by atoms with Gasteiger partial charge >= 0.3 is 6.09 Å². The van der Waals surface area contributed by atoms with E-state index in [0.29, 0.717) is 30.7 Å². The highest BCUT2D eigenvalue weighted by Crippen LogP contribution is 2.22. The lowest BCUT2D eigenvalue weighted by atomic mass is 9.93. The van der Waals surface area contributed by atoms with Gasteiger partial charge in [-0.2, -0.15) is 4.98 Å². The van der Waals surface area contributed by atoms with Crippen molar-refractivity contribution in [2.75, 3.05) is 13.1 Å². The Bertz CT molecular complexity index is 772. The van der Waals surface area contributed by atoms with Crippen LogP contribution in [0.4, 0.5) is 4.79 Å². The van der Waals surface area contributed by atoms with Crippen LogP contribution >= 0.6 is 0 Å². The van der Waals surface area contributed by atoms with E-state index in [9.17, 15) is 4.79 Å². The summed E-state index contributed by atoms with van der Waals surface area (Å²) in [6, 6.07) is 3.82. The summed E-state index contributed by atoms with van der Waals surface area (Å²) in [6.45, 7) is 7.05. The zero-order chi connectivity index (χ0) is 19.3. The van der Waals surface area contributed by atoms with E-state index in [1.807, 2.05) is 39.0 Å². The number of hydrogen-bond donors (Lipinski definition) is 0. The number of likely N-dealkylation sites (tertiary alicyclic amines) is 1. The van der Waals surface area contributed by atoms with Crippen LogP contribution in [0.1, 0.15) is 50.9 Å². The predicted molar refractivity (Wildman–Crippen MR) is 102 cm³/mol. The smallest absolute Gasteiger partial charge is 0.410 e. The van der Waals surface area contributed by atoms with Crippen molar-refractivity contribution < 1.29 is 14.1 Å². The maximum Gasteiger partial charge on any atom is 0.410 e. The highest BCUT2D eigenvalue weighted by Gasteiger charge is 2.27. The second kappa shape index (κ2) is 8.33. The molecule has 1 aliphatic heterocycles. The molecule has 1 saturated heterocycles. The van der Waals surface area contributed by atoms with Crippen LogP contribution in [-0.4, -0.2) is 44.8 Å². The first-order valence-electron chi connectivity index (χ1n) is 9.28. The molecule has 144 valence electrons. The molecular formula is C20H26N4O3. The van der Waals surface area contributed by atoms with E-state index in [2.05, 4.69) is 15.1 Å². The number of carbonyl (C=O) groups is 1. The summed E-state index contributed by atoms with van der Waals surface area (Å²) in [5.74, 6) is 1.64. The fourth-order valence-electron chi connectivity index (χ4n) is 2.96. The summed E-state index contributed by atoms with van der Waals surface area (Å²) in [5, 5.41) is 4.07. The van der Waals surface area contributed by atoms with E-state index in [1.165, 1.54) is 0 Å². The summed E-state index contributed by atoms with van der Waals surface area (Å²) >= 11 is 0. The first-order chi connectivity index (χ1) is 12.9. The van der Waals surface area contributed by atoms with Gasteiger partial charge < -0.3 is 14.2 Å². The molecule has 0 aromatic carbocycles. The Hall–Kier alpha value is -2.70. The second-order valence-electron chi connectivity index (χ2n) is 7.78. The van der Waals surface area contributed by atoms with Gasteiger partial charge in [-0.1, -0.05) is 5.16 Å². The Morgan fingerprint density at radius 2 is 1.96 bits per heavy atom. The van der Waals surface area contributed by atoms with Crippen molar-refractivity contribution in [3.8, 4) is 0 Å². The molecule has 0 unspecified atom stereocenters. The van der Waals surface area contributed by atoms with Crippen molar-refractivity contribution >= 4 is 18.2 Å². The molecule has 0 saturated carbocycles.